The number of aliphatic hydroxyl groups is 2. The third-order valence-corrected chi connectivity index (χ3v) is 5.35. The molecule has 0 atom stereocenters. The molecule has 0 saturated carbocycles. The van der Waals surface area contributed by atoms with Crippen LogP contribution in [0.5, 0.6) is 23.0 Å². The molecule has 8 heteroatoms. The average Bonchev–Trinajstić information content (AvgIpc) is 2.71. The van der Waals surface area contributed by atoms with Crippen LogP contribution in [0, 0.1) is 0 Å². The van der Waals surface area contributed by atoms with E-state index in [1.54, 1.807) is 30.3 Å². The van der Waals surface area contributed by atoms with E-state index in [9.17, 15) is 30.6 Å². The summed E-state index contributed by atoms with van der Waals surface area (Å²) in [7, 11) is 0. The van der Waals surface area contributed by atoms with Crippen LogP contribution in [0.3, 0.4) is 0 Å². The normalized spacial score (nSPS) is 11.2. The number of phenols is 4. The molecule has 3 aromatic carbocycles. The van der Waals surface area contributed by atoms with Crippen LogP contribution < -0.4 is 0 Å². The lowest BCUT2D eigenvalue weighted by molar-refractivity contribution is 0.268. The maximum Gasteiger partial charge on any atom is 0.143 e. The molecule has 0 amide bonds. The van der Waals surface area contributed by atoms with Gasteiger partial charge in [-0.15, -0.1) is 0 Å². The van der Waals surface area contributed by atoms with Crippen molar-refractivity contribution in [1.82, 2.24) is 0 Å². The maximum absolute atomic E-state index is 10.7. The Balaban J connectivity index is 2.39. The minimum absolute atomic E-state index is 0.102. The van der Waals surface area contributed by atoms with Crippen LogP contribution in [0.4, 0.5) is 0 Å². The van der Waals surface area contributed by atoms with Crippen LogP contribution in [0.15, 0.2) is 42.5 Å². The fourth-order valence-corrected chi connectivity index (χ4v) is 3.78. The highest BCUT2D eigenvalue weighted by molar-refractivity contribution is 6.32. The number of hydrogen-bond acceptors (Lipinski definition) is 6. The molecule has 0 aromatic heterocycles. The van der Waals surface area contributed by atoms with E-state index in [0.717, 1.165) is 0 Å². The summed E-state index contributed by atoms with van der Waals surface area (Å²) in [6, 6.07) is 11.4. The molecule has 0 saturated heterocycles. The Bertz CT molecular complexity index is 988. The minimum Gasteiger partial charge on any atom is -0.507 e. The van der Waals surface area contributed by atoms with Gasteiger partial charge in [-0.3, -0.25) is 0 Å². The summed E-state index contributed by atoms with van der Waals surface area (Å²) in [5.41, 5.74) is 0.655. The molecular weight excluding hydrogens is 419 g/mol. The number of benzene rings is 3. The molecule has 3 rings (SSSR count). The van der Waals surface area contributed by atoms with Gasteiger partial charge >= 0.3 is 0 Å². The number of hydrogen-bond donors (Lipinski definition) is 6. The number of aliphatic hydroxyl groups excluding tert-OH is 2. The molecule has 0 radical (unpaired) electrons. The van der Waals surface area contributed by atoms with Crippen molar-refractivity contribution in [1.29, 1.82) is 0 Å². The zero-order chi connectivity index (χ0) is 21.3. The van der Waals surface area contributed by atoms with E-state index < -0.39 is 42.1 Å². The Morgan fingerprint density at radius 2 is 1.07 bits per heavy atom. The van der Waals surface area contributed by atoms with Crippen LogP contribution >= 0.6 is 23.2 Å². The van der Waals surface area contributed by atoms with Gasteiger partial charge in [0, 0.05) is 17.0 Å². The second-order valence-electron chi connectivity index (χ2n) is 6.41. The smallest absolute Gasteiger partial charge is 0.143 e. The molecular formula is C21H18Cl2O6. The summed E-state index contributed by atoms with van der Waals surface area (Å²) in [6.07, 6.45) is 0. The van der Waals surface area contributed by atoms with Gasteiger partial charge in [-0.05, 0) is 17.7 Å². The van der Waals surface area contributed by atoms with Crippen LogP contribution in [-0.2, 0) is 13.2 Å². The second-order valence-corrected chi connectivity index (χ2v) is 7.22. The molecule has 6 nitrogen and oxygen atoms in total. The van der Waals surface area contributed by atoms with E-state index in [2.05, 4.69) is 0 Å². The van der Waals surface area contributed by atoms with Crippen molar-refractivity contribution in [3.05, 3.63) is 80.3 Å². The minimum atomic E-state index is -0.844. The van der Waals surface area contributed by atoms with Crippen LogP contribution in [0.2, 0.25) is 10.0 Å². The largest absolute Gasteiger partial charge is 0.507 e. The van der Waals surface area contributed by atoms with Crippen molar-refractivity contribution in [2.75, 3.05) is 0 Å². The Labute approximate surface area is 176 Å². The second kappa shape index (κ2) is 8.39. The quantitative estimate of drug-likeness (QED) is 0.336. The van der Waals surface area contributed by atoms with Gasteiger partial charge in [0.25, 0.3) is 0 Å². The van der Waals surface area contributed by atoms with Gasteiger partial charge in [0.1, 0.15) is 23.0 Å². The summed E-state index contributed by atoms with van der Waals surface area (Å²) in [4.78, 5) is 0. The number of rotatable bonds is 5. The summed E-state index contributed by atoms with van der Waals surface area (Å²) >= 11 is 12.2. The third kappa shape index (κ3) is 3.68. The topological polar surface area (TPSA) is 121 Å². The van der Waals surface area contributed by atoms with Crippen molar-refractivity contribution < 1.29 is 30.6 Å². The molecule has 0 bridgehead atoms. The monoisotopic (exact) mass is 436 g/mol. The van der Waals surface area contributed by atoms with E-state index in [4.69, 9.17) is 23.2 Å². The first-order valence-electron chi connectivity index (χ1n) is 8.54. The third-order valence-electron chi connectivity index (χ3n) is 4.78. The molecule has 0 heterocycles. The van der Waals surface area contributed by atoms with Crippen LogP contribution in [-0.4, -0.2) is 30.6 Å². The Hall–Kier alpha value is -2.64. The standard InChI is InChI=1S/C21H18Cl2O6/c22-15-6-11(18(26)13(8-24)20(15)28)17(10-4-2-1-3-5-10)12-7-16(23)21(29)14(9-25)19(12)27/h1-7,17,24-29H,8-9H2. The van der Waals surface area contributed by atoms with Crippen LogP contribution in [0.1, 0.15) is 33.7 Å². The maximum atomic E-state index is 10.7. The van der Waals surface area contributed by atoms with Crippen molar-refractivity contribution >= 4 is 23.2 Å². The zero-order valence-corrected chi connectivity index (χ0v) is 16.5. The predicted molar refractivity (Wildman–Crippen MR) is 109 cm³/mol. The van der Waals surface area contributed by atoms with Crippen molar-refractivity contribution in [2.24, 2.45) is 0 Å². The lowest BCUT2D eigenvalue weighted by Gasteiger charge is -2.24. The van der Waals surface area contributed by atoms with Crippen molar-refractivity contribution in [2.45, 2.75) is 19.1 Å². The van der Waals surface area contributed by atoms with E-state index in [1.165, 1.54) is 12.1 Å². The first-order chi connectivity index (χ1) is 13.8. The molecule has 0 aliphatic heterocycles. The molecule has 152 valence electrons. The van der Waals surface area contributed by atoms with E-state index in [-0.39, 0.29) is 32.3 Å². The van der Waals surface area contributed by atoms with E-state index in [1.807, 2.05) is 0 Å². The Kier molecular flexibility index (Phi) is 6.10. The first kappa shape index (κ1) is 21.1. The number of halogens is 2. The fraction of sp³-hybridized carbons (Fsp3) is 0.143. The summed E-state index contributed by atoms with van der Waals surface area (Å²) in [6.45, 7) is -1.34. The van der Waals surface area contributed by atoms with Gasteiger partial charge < -0.3 is 30.6 Å². The lowest BCUT2D eigenvalue weighted by Crippen LogP contribution is -2.07. The van der Waals surface area contributed by atoms with E-state index in [0.29, 0.717) is 5.56 Å². The van der Waals surface area contributed by atoms with Crippen molar-refractivity contribution in [3.8, 4) is 23.0 Å². The summed E-state index contributed by atoms with van der Waals surface area (Å²) in [5, 5.41) is 60.5. The SMILES string of the molecule is OCc1c(O)c(Cl)cc(C(c2ccccc2)c2cc(Cl)c(O)c(CO)c2O)c1O. The predicted octanol–water partition coefficient (Wildman–Crippen LogP) is 3.98. The molecule has 0 spiro atoms. The molecule has 0 aliphatic rings. The Morgan fingerprint density at radius 3 is 1.45 bits per heavy atom. The summed E-state index contributed by atoms with van der Waals surface area (Å²) < 4.78 is 0. The van der Waals surface area contributed by atoms with Gasteiger partial charge in [-0.2, -0.15) is 0 Å². The lowest BCUT2D eigenvalue weighted by atomic mass is 9.82. The van der Waals surface area contributed by atoms with Gasteiger partial charge in [0.15, 0.2) is 0 Å². The highest BCUT2D eigenvalue weighted by Crippen LogP contribution is 2.49. The van der Waals surface area contributed by atoms with Crippen molar-refractivity contribution in [3.63, 3.8) is 0 Å². The molecule has 6 N–H and O–H groups in total. The zero-order valence-electron chi connectivity index (χ0n) is 15.0. The molecule has 0 aliphatic carbocycles. The Morgan fingerprint density at radius 1 is 0.655 bits per heavy atom. The number of aromatic hydroxyl groups is 4. The van der Waals surface area contributed by atoms with Gasteiger partial charge in [0.05, 0.1) is 34.4 Å². The first-order valence-corrected chi connectivity index (χ1v) is 9.30. The molecule has 0 fully saturated rings. The van der Waals surface area contributed by atoms with Gasteiger partial charge in [-0.1, -0.05) is 53.5 Å². The molecule has 3 aromatic rings. The van der Waals surface area contributed by atoms with Gasteiger partial charge in [-0.25, -0.2) is 0 Å². The van der Waals surface area contributed by atoms with E-state index >= 15 is 0 Å². The summed E-state index contributed by atoms with van der Waals surface area (Å²) in [5.74, 6) is -2.56. The van der Waals surface area contributed by atoms with Gasteiger partial charge in [0.2, 0.25) is 0 Å². The highest BCUT2D eigenvalue weighted by atomic mass is 35.5. The highest BCUT2D eigenvalue weighted by Gasteiger charge is 2.29. The van der Waals surface area contributed by atoms with Crippen LogP contribution in [0.25, 0.3) is 0 Å². The average molecular weight is 437 g/mol. The molecule has 0 unspecified atom stereocenters. The fourth-order valence-electron chi connectivity index (χ4n) is 3.32. The molecule has 29 heavy (non-hydrogen) atoms.